The molecule has 0 heterocycles. The molecule has 4 nitrogen and oxygen atoms in total. The molecule has 0 bridgehead atoms. The van der Waals surface area contributed by atoms with Gasteiger partial charge in [0.05, 0.1) is 0 Å². The maximum Gasteiger partial charge on any atom is 0.319 e. The second kappa shape index (κ2) is 5.11. The lowest BCUT2D eigenvalue weighted by molar-refractivity contribution is 0.248. The lowest BCUT2D eigenvalue weighted by Crippen LogP contribution is -2.34. The van der Waals surface area contributed by atoms with E-state index in [-0.39, 0.29) is 6.03 Å². The van der Waals surface area contributed by atoms with Crippen LogP contribution in [0.1, 0.15) is 25.7 Å². The fourth-order valence-electron chi connectivity index (χ4n) is 2.77. The third-order valence-corrected chi connectivity index (χ3v) is 4.10. The summed E-state index contributed by atoms with van der Waals surface area (Å²) in [4.78, 5) is 11.9. The van der Waals surface area contributed by atoms with Crippen molar-refractivity contribution < 1.29 is 4.79 Å². The molecule has 2 saturated carbocycles. The van der Waals surface area contributed by atoms with Gasteiger partial charge in [-0.2, -0.15) is 0 Å². The van der Waals surface area contributed by atoms with Crippen LogP contribution in [0.25, 0.3) is 0 Å². The quantitative estimate of drug-likeness (QED) is 0.712. The minimum atomic E-state index is -0.128. The average Bonchev–Trinajstić information content (AvgIpc) is 3.24. The predicted octanol–water partition coefficient (Wildman–Crippen LogP) is 2.83. The Labute approximate surface area is 113 Å². The van der Waals surface area contributed by atoms with Crippen LogP contribution in [0.5, 0.6) is 0 Å². The number of nitrogens with two attached hydrogens (primary N) is 1. The molecule has 4 heteroatoms. The van der Waals surface area contributed by atoms with Crippen LogP contribution in [-0.4, -0.2) is 12.6 Å². The van der Waals surface area contributed by atoms with E-state index in [4.69, 9.17) is 5.73 Å². The van der Waals surface area contributed by atoms with Gasteiger partial charge in [0.2, 0.25) is 0 Å². The second-order valence-electron chi connectivity index (χ2n) is 5.80. The van der Waals surface area contributed by atoms with Crippen molar-refractivity contribution in [2.45, 2.75) is 25.7 Å². The number of carbonyl (C=O) groups is 1. The zero-order valence-electron chi connectivity index (χ0n) is 11.1. The van der Waals surface area contributed by atoms with Gasteiger partial charge in [0, 0.05) is 17.9 Å². The van der Waals surface area contributed by atoms with Gasteiger partial charge in [-0.1, -0.05) is 6.07 Å². The first-order valence-corrected chi connectivity index (χ1v) is 7.13. The Morgan fingerprint density at radius 2 is 1.95 bits per heavy atom. The molecule has 19 heavy (non-hydrogen) atoms. The second-order valence-corrected chi connectivity index (χ2v) is 5.80. The van der Waals surface area contributed by atoms with Crippen LogP contribution in [0.15, 0.2) is 24.3 Å². The van der Waals surface area contributed by atoms with Crippen molar-refractivity contribution in [3.63, 3.8) is 0 Å². The van der Waals surface area contributed by atoms with Crippen molar-refractivity contribution in [2.24, 2.45) is 17.8 Å². The van der Waals surface area contributed by atoms with Gasteiger partial charge in [0.15, 0.2) is 0 Å². The number of urea groups is 1. The summed E-state index contributed by atoms with van der Waals surface area (Å²) in [6.07, 6.45) is 5.39. The molecule has 0 saturated heterocycles. The molecule has 0 atom stereocenters. The Morgan fingerprint density at radius 3 is 2.53 bits per heavy atom. The Balaban J connectivity index is 1.48. The smallest absolute Gasteiger partial charge is 0.319 e. The first kappa shape index (κ1) is 12.3. The van der Waals surface area contributed by atoms with Crippen LogP contribution >= 0.6 is 0 Å². The maximum atomic E-state index is 11.9. The molecule has 0 radical (unpaired) electrons. The van der Waals surface area contributed by atoms with Crippen molar-refractivity contribution >= 4 is 17.4 Å². The zero-order chi connectivity index (χ0) is 13.2. The number of benzene rings is 1. The molecule has 0 aliphatic heterocycles. The number of amides is 2. The van der Waals surface area contributed by atoms with Gasteiger partial charge in [-0.25, -0.2) is 4.79 Å². The van der Waals surface area contributed by atoms with Crippen molar-refractivity contribution in [1.82, 2.24) is 5.32 Å². The summed E-state index contributed by atoms with van der Waals surface area (Å²) in [5.74, 6) is 2.42. The van der Waals surface area contributed by atoms with Crippen molar-refractivity contribution in [1.29, 1.82) is 0 Å². The van der Waals surface area contributed by atoms with Crippen LogP contribution in [0.2, 0.25) is 0 Å². The molecule has 2 aliphatic carbocycles. The number of nitrogen functional groups attached to an aromatic ring is 1. The van der Waals surface area contributed by atoms with E-state index in [0.29, 0.717) is 11.6 Å². The molecule has 2 fully saturated rings. The predicted molar refractivity (Wildman–Crippen MR) is 76.8 cm³/mol. The summed E-state index contributed by atoms with van der Waals surface area (Å²) in [6.45, 7) is 0.809. The van der Waals surface area contributed by atoms with Crippen molar-refractivity contribution in [3.05, 3.63) is 24.3 Å². The van der Waals surface area contributed by atoms with Gasteiger partial charge in [0.25, 0.3) is 0 Å². The van der Waals surface area contributed by atoms with Gasteiger partial charge in [-0.15, -0.1) is 0 Å². The summed E-state index contributed by atoms with van der Waals surface area (Å²) in [5, 5.41) is 5.83. The van der Waals surface area contributed by atoms with Crippen LogP contribution in [0.3, 0.4) is 0 Å². The van der Waals surface area contributed by atoms with Crippen LogP contribution < -0.4 is 16.4 Å². The minimum Gasteiger partial charge on any atom is -0.399 e. The Kier molecular flexibility index (Phi) is 3.32. The van der Waals surface area contributed by atoms with E-state index in [9.17, 15) is 4.79 Å². The number of rotatable bonds is 5. The molecule has 3 rings (SSSR count). The molecular weight excluding hydrogens is 238 g/mol. The van der Waals surface area contributed by atoms with E-state index in [0.717, 1.165) is 24.1 Å². The monoisotopic (exact) mass is 259 g/mol. The molecule has 0 spiro atoms. The van der Waals surface area contributed by atoms with Gasteiger partial charge in [-0.3, -0.25) is 0 Å². The normalized spacial score (nSPS) is 18.4. The number of carbonyl (C=O) groups excluding carboxylic acids is 1. The highest BCUT2D eigenvalue weighted by Gasteiger charge is 2.41. The largest absolute Gasteiger partial charge is 0.399 e. The zero-order valence-corrected chi connectivity index (χ0v) is 11.1. The first-order valence-electron chi connectivity index (χ1n) is 7.13. The van der Waals surface area contributed by atoms with E-state index in [1.165, 1.54) is 25.7 Å². The average molecular weight is 259 g/mol. The Morgan fingerprint density at radius 1 is 1.26 bits per heavy atom. The standard InChI is InChI=1S/C15H21N3O/c16-12-2-1-3-13(8-12)18-15(19)17-9-14(10-4-5-10)11-6-7-11/h1-3,8,10-11,14H,4-7,9,16H2,(H2,17,18,19). The SMILES string of the molecule is Nc1cccc(NC(=O)NCC(C2CC2)C2CC2)c1. The molecule has 2 aliphatic rings. The summed E-state index contributed by atoms with van der Waals surface area (Å²) in [5.41, 5.74) is 7.08. The topological polar surface area (TPSA) is 67.1 Å². The highest BCUT2D eigenvalue weighted by molar-refractivity contribution is 5.89. The molecule has 1 aromatic carbocycles. The minimum absolute atomic E-state index is 0.128. The van der Waals surface area contributed by atoms with E-state index >= 15 is 0 Å². The van der Waals surface area contributed by atoms with E-state index < -0.39 is 0 Å². The lowest BCUT2D eigenvalue weighted by atomic mass is 9.98. The first-order chi connectivity index (χ1) is 9.22. The van der Waals surface area contributed by atoms with E-state index in [2.05, 4.69) is 10.6 Å². The van der Waals surface area contributed by atoms with E-state index in [1.807, 2.05) is 12.1 Å². The Bertz CT molecular complexity index is 454. The van der Waals surface area contributed by atoms with Crippen LogP contribution in [0.4, 0.5) is 16.2 Å². The third kappa shape index (κ3) is 3.40. The molecule has 102 valence electrons. The van der Waals surface area contributed by atoms with Crippen LogP contribution in [0, 0.1) is 17.8 Å². The lowest BCUT2D eigenvalue weighted by Gasteiger charge is -2.16. The highest BCUT2D eigenvalue weighted by atomic mass is 16.2. The van der Waals surface area contributed by atoms with Gasteiger partial charge < -0.3 is 16.4 Å². The summed E-state index contributed by atoms with van der Waals surface area (Å²) >= 11 is 0. The summed E-state index contributed by atoms with van der Waals surface area (Å²) < 4.78 is 0. The number of hydrogen-bond donors (Lipinski definition) is 3. The van der Waals surface area contributed by atoms with Crippen LogP contribution in [-0.2, 0) is 0 Å². The fraction of sp³-hybridized carbons (Fsp3) is 0.533. The van der Waals surface area contributed by atoms with Gasteiger partial charge in [0.1, 0.15) is 0 Å². The Hall–Kier alpha value is -1.71. The molecule has 2 amide bonds. The summed E-state index contributed by atoms with van der Waals surface area (Å²) in [7, 11) is 0. The van der Waals surface area contributed by atoms with Gasteiger partial charge in [-0.05, 0) is 61.6 Å². The molecule has 0 aromatic heterocycles. The molecule has 0 unspecified atom stereocenters. The molecule has 1 aromatic rings. The molecular formula is C15H21N3O. The van der Waals surface area contributed by atoms with Crippen molar-refractivity contribution in [2.75, 3.05) is 17.6 Å². The summed E-state index contributed by atoms with van der Waals surface area (Å²) in [6, 6.07) is 7.12. The number of hydrogen-bond acceptors (Lipinski definition) is 2. The van der Waals surface area contributed by atoms with Crippen molar-refractivity contribution in [3.8, 4) is 0 Å². The fourth-order valence-corrected chi connectivity index (χ4v) is 2.77. The molecule has 4 N–H and O–H groups in total. The number of nitrogens with one attached hydrogen (secondary N) is 2. The van der Waals surface area contributed by atoms with E-state index in [1.54, 1.807) is 12.1 Å². The highest BCUT2D eigenvalue weighted by Crippen LogP contribution is 2.48. The third-order valence-electron chi connectivity index (χ3n) is 4.10. The van der Waals surface area contributed by atoms with Gasteiger partial charge >= 0.3 is 6.03 Å². The number of anilines is 2. The maximum absolute atomic E-state index is 11.9.